The van der Waals surface area contributed by atoms with Crippen LogP contribution in [0.4, 0.5) is 4.39 Å². The Bertz CT molecular complexity index is 1280. The molecular weight excluding hydrogens is 497 g/mol. The maximum atomic E-state index is 13.8. The van der Waals surface area contributed by atoms with E-state index < -0.39 is 11.8 Å². The molecule has 2 aliphatic rings. The third kappa shape index (κ3) is 4.76. The molecule has 12 heteroatoms. The van der Waals surface area contributed by atoms with Gasteiger partial charge in [-0.15, -0.1) is 11.3 Å². The van der Waals surface area contributed by atoms with Gasteiger partial charge in [0, 0.05) is 42.7 Å². The van der Waals surface area contributed by atoms with Gasteiger partial charge in [-0.2, -0.15) is 0 Å². The number of carbonyl (C=O) groups excluding carboxylic acids is 2. The molecule has 0 radical (unpaired) electrons. The number of carbonyl (C=O) groups is 2. The Morgan fingerprint density at radius 2 is 2.17 bits per heavy atom. The molecule has 0 spiro atoms. The Labute approximate surface area is 209 Å². The summed E-state index contributed by atoms with van der Waals surface area (Å²) in [7, 11) is 1.27. The van der Waals surface area contributed by atoms with Gasteiger partial charge in [0.05, 0.1) is 42.8 Å². The van der Waals surface area contributed by atoms with E-state index in [1.54, 1.807) is 11.6 Å². The highest BCUT2D eigenvalue weighted by atomic mass is 35.5. The fourth-order valence-electron chi connectivity index (χ4n) is 4.38. The largest absolute Gasteiger partial charge is 0.465 e. The summed E-state index contributed by atoms with van der Waals surface area (Å²) in [6.45, 7) is 1.48. The lowest BCUT2D eigenvalue weighted by atomic mass is 10.0. The average Bonchev–Trinajstić information content (AvgIpc) is 3.36. The maximum absolute atomic E-state index is 13.8. The Balaban J connectivity index is 1.69. The molecular formula is C23H21ClFN5O4S. The highest BCUT2D eigenvalue weighted by Gasteiger charge is 2.37. The van der Waals surface area contributed by atoms with Gasteiger partial charge in [0.25, 0.3) is 0 Å². The number of esters is 1. The van der Waals surface area contributed by atoms with Crippen LogP contribution in [0.2, 0.25) is 5.02 Å². The molecule has 4 heterocycles. The molecule has 2 fully saturated rings. The van der Waals surface area contributed by atoms with E-state index in [1.807, 2.05) is 0 Å². The van der Waals surface area contributed by atoms with Crippen molar-refractivity contribution in [1.82, 2.24) is 25.2 Å². The van der Waals surface area contributed by atoms with Gasteiger partial charge in [0.2, 0.25) is 5.91 Å². The summed E-state index contributed by atoms with van der Waals surface area (Å²) in [4.78, 5) is 41.1. The lowest BCUT2D eigenvalue weighted by molar-refractivity contribution is -0.122. The van der Waals surface area contributed by atoms with Gasteiger partial charge in [-0.05, 0) is 18.2 Å². The summed E-state index contributed by atoms with van der Waals surface area (Å²) in [5.41, 5.74) is 1.12. The van der Waals surface area contributed by atoms with Crippen LogP contribution in [0.25, 0.3) is 22.1 Å². The van der Waals surface area contributed by atoms with Gasteiger partial charge in [-0.1, -0.05) is 11.6 Å². The number of rotatable bonds is 5. The van der Waals surface area contributed by atoms with Crippen molar-refractivity contribution in [2.75, 3.05) is 26.9 Å². The molecule has 2 atom stereocenters. The molecule has 182 valence electrons. The minimum Gasteiger partial charge on any atom is -0.465 e. The number of benzene rings is 1. The van der Waals surface area contributed by atoms with E-state index in [4.69, 9.17) is 26.1 Å². The molecule has 1 N–H and O–H groups in total. The first-order valence-corrected chi connectivity index (χ1v) is 12.1. The van der Waals surface area contributed by atoms with Gasteiger partial charge in [0.15, 0.2) is 10.8 Å². The van der Waals surface area contributed by atoms with Crippen molar-refractivity contribution in [1.29, 1.82) is 0 Å². The molecule has 0 aliphatic carbocycles. The van der Waals surface area contributed by atoms with Crippen LogP contribution >= 0.6 is 22.9 Å². The van der Waals surface area contributed by atoms with Crippen LogP contribution in [-0.2, 0) is 20.8 Å². The number of fused-ring (bicyclic) bond motifs is 2. The Morgan fingerprint density at radius 1 is 1.34 bits per heavy atom. The van der Waals surface area contributed by atoms with Gasteiger partial charge in [-0.25, -0.2) is 24.1 Å². The second-order valence-electron chi connectivity index (χ2n) is 8.20. The standard InChI is InChI=1S/C23H21ClFN5O4S/c1-33-23(32)19-17(9-30-13-7-18(31)27-8-14(30)11-34-10-13)28-21(22-26-4-5-35-22)29-20(19)15-3-2-12(25)6-16(15)24/h2-6,13-14H,7-11H2,1H3,(H,27,31)/t13?,14-/m1/s1. The first kappa shape index (κ1) is 23.7. The molecule has 2 bridgehead atoms. The van der Waals surface area contributed by atoms with E-state index in [-0.39, 0.29) is 47.2 Å². The topological polar surface area (TPSA) is 107 Å². The highest BCUT2D eigenvalue weighted by molar-refractivity contribution is 7.13. The normalized spacial score (nSPS) is 20.3. The van der Waals surface area contributed by atoms with E-state index in [0.717, 1.165) is 6.07 Å². The summed E-state index contributed by atoms with van der Waals surface area (Å²) in [5, 5.41) is 5.37. The number of nitrogens with one attached hydrogen (secondary N) is 1. The van der Waals surface area contributed by atoms with E-state index in [9.17, 15) is 14.0 Å². The smallest absolute Gasteiger partial charge is 0.342 e. The fourth-order valence-corrected chi connectivity index (χ4v) is 5.20. The molecule has 2 saturated heterocycles. The van der Waals surface area contributed by atoms with Crippen molar-refractivity contribution in [2.24, 2.45) is 0 Å². The van der Waals surface area contributed by atoms with E-state index >= 15 is 0 Å². The van der Waals surface area contributed by atoms with Crippen LogP contribution < -0.4 is 5.32 Å². The predicted molar refractivity (Wildman–Crippen MR) is 126 cm³/mol. The molecule has 1 unspecified atom stereocenters. The zero-order chi connectivity index (χ0) is 24.5. The van der Waals surface area contributed by atoms with E-state index in [1.165, 1.54) is 30.6 Å². The summed E-state index contributed by atoms with van der Waals surface area (Å²) < 4.78 is 24.6. The molecule has 3 aromatic rings. The molecule has 1 aromatic carbocycles. The summed E-state index contributed by atoms with van der Waals surface area (Å²) >= 11 is 7.73. The number of morpholine rings is 1. The van der Waals surface area contributed by atoms with Gasteiger partial charge in [0.1, 0.15) is 11.4 Å². The number of methoxy groups -OCH3 is 1. The third-order valence-electron chi connectivity index (χ3n) is 6.03. The van der Waals surface area contributed by atoms with E-state index in [0.29, 0.717) is 41.8 Å². The van der Waals surface area contributed by atoms with Crippen LogP contribution in [-0.4, -0.2) is 70.7 Å². The van der Waals surface area contributed by atoms with Gasteiger partial charge < -0.3 is 14.8 Å². The van der Waals surface area contributed by atoms with Crippen molar-refractivity contribution in [3.8, 4) is 22.1 Å². The zero-order valence-electron chi connectivity index (χ0n) is 18.7. The monoisotopic (exact) mass is 517 g/mol. The first-order valence-electron chi connectivity index (χ1n) is 10.9. The minimum absolute atomic E-state index is 0.0499. The second kappa shape index (κ2) is 9.94. The summed E-state index contributed by atoms with van der Waals surface area (Å²) in [6.07, 6.45) is 1.90. The Kier molecular flexibility index (Phi) is 6.74. The Morgan fingerprint density at radius 3 is 2.91 bits per heavy atom. The number of thiazole rings is 1. The van der Waals surface area contributed by atoms with Crippen molar-refractivity contribution >= 4 is 34.8 Å². The lowest BCUT2D eigenvalue weighted by Gasteiger charge is -2.39. The number of ether oxygens (including phenoxy) is 2. The third-order valence-corrected chi connectivity index (χ3v) is 7.11. The first-order chi connectivity index (χ1) is 16.9. The second-order valence-corrected chi connectivity index (χ2v) is 9.50. The SMILES string of the molecule is COC(=O)c1c(CN2C3COC[C@H]2CNC(=O)C3)nc(-c2nccs2)nc1-c1ccc(F)cc1Cl. The highest BCUT2D eigenvalue weighted by Crippen LogP contribution is 2.34. The number of aromatic nitrogens is 3. The van der Waals surface area contributed by atoms with Crippen LogP contribution in [0.1, 0.15) is 22.5 Å². The quantitative estimate of drug-likeness (QED) is 0.515. The number of hydrogen-bond donors (Lipinski definition) is 1. The zero-order valence-corrected chi connectivity index (χ0v) is 20.2. The van der Waals surface area contributed by atoms with Crippen LogP contribution in [0, 0.1) is 5.82 Å². The number of hydrogen-bond acceptors (Lipinski definition) is 9. The van der Waals surface area contributed by atoms with Crippen molar-refractivity contribution in [3.05, 3.63) is 51.9 Å². The Hall–Kier alpha value is -2.99. The van der Waals surface area contributed by atoms with Crippen LogP contribution in [0.15, 0.2) is 29.8 Å². The minimum atomic E-state index is -0.647. The van der Waals surface area contributed by atoms with Crippen molar-refractivity contribution in [2.45, 2.75) is 25.0 Å². The van der Waals surface area contributed by atoms with Crippen LogP contribution in [0.3, 0.4) is 0 Å². The molecule has 5 rings (SSSR count). The van der Waals surface area contributed by atoms with Crippen molar-refractivity contribution < 1.29 is 23.5 Å². The van der Waals surface area contributed by atoms with Gasteiger partial charge in [-0.3, -0.25) is 9.69 Å². The number of halogens is 2. The molecule has 0 saturated carbocycles. The molecule has 35 heavy (non-hydrogen) atoms. The molecule has 2 aliphatic heterocycles. The lowest BCUT2D eigenvalue weighted by Crippen LogP contribution is -2.52. The van der Waals surface area contributed by atoms with Crippen LogP contribution in [0.5, 0.6) is 0 Å². The maximum Gasteiger partial charge on any atom is 0.342 e. The summed E-state index contributed by atoms with van der Waals surface area (Å²) in [6, 6.07) is 3.61. The molecule has 9 nitrogen and oxygen atoms in total. The van der Waals surface area contributed by atoms with E-state index in [2.05, 4.69) is 20.2 Å². The fraction of sp³-hybridized carbons (Fsp3) is 0.348. The number of amides is 1. The average molecular weight is 518 g/mol. The summed E-state index contributed by atoms with van der Waals surface area (Å²) in [5.74, 6) is -0.900. The molecule has 1 amide bonds. The number of nitrogens with zero attached hydrogens (tertiary/aromatic N) is 4. The van der Waals surface area contributed by atoms with Gasteiger partial charge >= 0.3 is 5.97 Å². The predicted octanol–water partition coefficient (Wildman–Crippen LogP) is 2.94. The molecule has 2 aromatic heterocycles. The van der Waals surface area contributed by atoms with Crippen molar-refractivity contribution in [3.63, 3.8) is 0 Å².